The molecule has 72 valence electrons. The molecular weight excluding hydrogens is 158 g/mol. The van der Waals surface area contributed by atoms with E-state index in [-0.39, 0.29) is 6.61 Å². The monoisotopic (exact) mass is 175 g/mol. The molecule has 0 aliphatic heterocycles. The number of carboxylic acid groups (broad SMARTS) is 1. The number of carboxylic acids is 1. The quantitative estimate of drug-likeness (QED) is 0.658. The first-order chi connectivity index (χ1) is 5.45. The lowest BCUT2D eigenvalue weighted by molar-refractivity contribution is -0.152. The fourth-order valence-electron chi connectivity index (χ4n) is 0.683. The molecule has 0 aliphatic carbocycles. The molecule has 0 saturated heterocycles. The largest absolute Gasteiger partial charge is 0.480 e. The van der Waals surface area contributed by atoms with Crippen LogP contribution in [-0.2, 0) is 9.53 Å². The molecule has 0 amide bonds. The molecule has 0 aromatic rings. The van der Waals surface area contributed by atoms with E-state index in [1.165, 1.54) is 0 Å². The van der Waals surface area contributed by atoms with Crippen LogP contribution in [0.5, 0.6) is 0 Å². The zero-order chi connectivity index (χ0) is 9.78. The van der Waals surface area contributed by atoms with Gasteiger partial charge < -0.3 is 9.84 Å². The van der Waals surface area contributed by atoms with Gasteiger partial charge in [-0.25, -0.2) is 0 Å². The molecule has 4 nitrogen and oxygen atoms in total. The van der Waals surface area contributed by atoms with Gasteiger partial charge in [0.1, 0.15) is 5.54 Å². The second-order valence-electron chi connectivity index (χ2n) is 3.11. The van der Waals surface area contributed by atoms with Crippen LogP contribution in [0.1, 0.15) is 13.8 Å². The number of nitrogens with zero attached hydrogens (tertiary/aromatic N) is 1. The minimum Gasteiger partial charge on any atom is -0.480 e. The SMILES string of the molecule is CCOCC(C)(C(=O)O)N(C)C. The summed E-state index contributed by atoms with van der Waals surface area (Å²) in [6.45, 7) is 4.24. The second kappa shape index (κ2) is 4.42. The highest BCUT2D eigenvalue weighted by molar-refractivity contribution is 5.78. The summed E-state index contributed by atoms with van der Waals surface area (Å²) in [4.78, 5) is 12.5. The molecule has 0 heterocycles. The van der Waals surface area contributed by atoms with Crippen LogP contribution in [0.4, 0.5) is 0 Å². The molecule has 1 atom stereocenters. The molecule has 0 bridgehead atoms. The minimum absolute atomic E-state index is 0.214. The van der Waals surface area contributed by atoms with Crippen molar-refractivity contribution in [1.82, 2.24) is 4.90 Å². The Balaban J connectivity index is 4.29. The highest BCUT2D eigenvalue weighted by Crippen LogP contribution is 2.11. The zero-order valence-corrected chi connectivity index (χ0v) is 8.13. The first-order valence-electron chi connectivity index (χ1n) is 3.93. The van der Waals surface area contributed by atoms with Crippen molar-refractivity contribution in [3.05, 3.63) is 0 Å². The molecule has 1 N–H and O–H groups in total. The van der Waals surface area contributed by atoms with Crippen LogP contribution < -0.4 is 0 Å². The van der Waals surface area contributed by atoms with E-state index < -0.39 is 11.5 Å². The molecule has 0 fully saturated rings. The zero-order valence-electron chi connectivity index (χ0n) is 8.13. The smallest absolute Gasteiger partial charge is 0.326 e. The predicted octanol–water partition coefficient (Wildman–Crippen LogP) is 0.428. The second-order valence-corrected chi connectivity index (χ2v) is 3.11. The molecule has 0 aromatic heterocycles. The average molecular weight is 175 g/mol. The number of hydrogen-bond donors (Lipinski definition) is 1. The van der Waals surface area contributed by atoms with Gasteiger partial charge in [0.25, 0.3) is 0 Å². The lowest BCUT2D eigenvalue weighted by Gasteiger charge is -2.31. The highest BCUT2D eigenvalue weighted by atomic mass is 16.5. The Morgan fingerprint density at radius 1 is 1.58 bits per heavy atom. The standard InChI is InChI=1S/C8H17NO3/c1-5-12-6-8(2,7(10)11)9(3)4/h5-6H2,1-4H3,(H,10,11). The van der Waals surface area contributed by atoms with Crippen molar-refractivity contribution in [2.75, 3.05) is 27.3 Å². The molecule has 4 heteroatoms. The van der Waals surface area contributed by atoms with E-state index >= 15 is 0 Å². The summed E-state index contributed by atoms with van der Waals surface area (Å²) in [7, 11) is 3.46. The van der Waals surface area contributed by atoms with Gasteiger partial charge in [0.15, 0.2) is 0 Å². The molecular formula is C8H17NO3. The van der Waals surface area contributed by atoms with E-state index in [0.717, 1.165) is 0 Å². The molecule has 0 aliphatic rings. The summed E-state index contributed by atoms with van der Waals surface area (Å²) < 4.78 is 5.10. The van der Waals surface area contributed by atoms with Crippen LogP contribution in [-0.4, -0.2) is 48.8 Å². The lowest BCUT2D eigenvalue weighted by atomic mass is 10.0. The van der Waals surface area contributed by atoms with Crippen LogP contribution in [0.25, 0.3) is 0 Å². The normalized spacial score (nSPS) is 16.1. The molecule has 0 saturated carbocycles. The summed E-state index contributed by atoms with van der Waals surface area (Å²) in [5.41, 5.74) is -0.921. The van der Waals surface area contributed by atoms with Gasteiger partial charge in [-0.3, -0.25) is 9.69 Å². The third-order valence-corrected chi connectivity index (χ3v) is 2.04. The van der Waals surface area contributed by atoms with Gasteiger partial charge >= 0.3 is 5.97 Å². The van der Waals surface area contributed by atoms with Crippen molar-refractivity contribution in [2.24, 2.45) is 0 Å². The molecule has 0 radical (unpaired) electrons. The van der Waals surface area contributed by atoms with Gasteiger partial charge in [0, 0.05) is 6.61 Å². The average Bonchev–Trinajstić information content (AvgIpc) is 1.99. The Morgan fingerprint density at radius 3 is 2.33 bits per heavy atom. The number of rotatable bonds is 5. The van der Waals surface area contributed by atoms with Crippen LogP contribution >= 0.6 is 0 Å². The highest BCUT2D eigenvalue weighted by Gasteiger charge is 2.35. The summed E-state index contributed by atoms with van der Waals surface area (Å²) >= 11 is 0. The van der Waals surface area contributed by atoms with E-state index in [1.54, 1.807) is 25.9 Å². The van der Waals surface area contributed by atoms with Crippen molar-refractivity contribution in [3.8, 4) is 0 Å². The minimum atomic E-state index is -0.921. The number of aliphatic carboxylic acids is 1. The van der Waals surface area contributed by atoms with E-state index in [2.05, 4.69) is 0 Å². The summed E-state index contributed by atoms with van der Waals surface area (Å²) in [5, 5.41) is 8.91. The Kier molecular flexibility index (Phi) is 4.20. The third-order valence-electron chi connectivity index (χ3n) is 2.04. The number of hydrogen-bond acceptors (Lipinski definition) is 3. The fourth-order valence-corrected chi connectivity index (χ4v) is 0.683. The summed E-state index contributed by atoms with van der Waals surface area (Å²) in [6, 6.07) is 0. The molecule has 1 unspecified atom stereocenters. The van der Waals surface area contributed by atoms with E-state index in [9.17, 15) is 4.79 Å². The van der Waals surface area contributed by atoms with Gasteiger partial charge in [-0.2, -0.15) is 0 Å². The maximum Gasteiger partial charge on any atom is 0.326 e. The van der Waals surface area contributed by atoms with Gasteiger partial charge in [-0.1, -0.05) is 0 Å². The Morgan fingerprint density at radius 2 is 2.08 bits per heavy atom. The van der Waals surface area contributed by atoms with Crippen LogP contribution in [0.15, 0.2) is 0 Å². The van der Waals surface area contributed by atoms with Crippen molar-refractivity contribution < 1.29 is 14.6 Å². The maximum absolute atomic E-state index is 10.8. The van der Waals surface area contributed by atoms with E-state index in [0.29, 0.717) is 6.61 Å². The number of likely N-dealkylation sites (N-methyl/N-ethyl adjacent to an activating group) is 1. The van der Waals surface area contributed by atoms with Crippen molar-refractivity contribution in [2.45, 2.75) is 19.4 Å². The summed E-state index contributed by atoms with van der Waals surface area (Å²) in [6.07, 6.45) is 0. The third kappa shape index (κ3) is 2.46. The fraction of sp³-hybridized carbons (Fsp3) is 0.875. The molecule has 0 rings (SSSR count). The topological polar surface area (TPSA) is 49.8 Å². The van der Waals surface area contributed by atoms with Gasteiger partial charge in [-0.05, 0) is 27.9 Å². The van der Waals surface area contributed by atoms with Crippen LogP contribution in [0.3, 0.4) is 0 Å². The lowest BCUT2D eigenvalue weighted by Crippen LogP contribution is -2.52. The van der Waals surface area contributed by atoms with Crippen LogP contribution in [0.2, 0.25) is 0 Å². The van der Waals surface area contributed by atoms with Gasteiger partial charge in [-0.15, -0.1) is 0 Å². The van der Waals surface area contributed by atoms with Crippen molar-refractivity contribution >= 4 is 5.97 Å². The number of carbonyl (C=O) groups is 1. The molecule has 0 aromatic carbocycles. The maximum atomic E-state index is 10.8. The van der Waals surface area contributed by atoms with E-state index in [1.807, 2.05) is 6.92 Å². The van der Waals surface area contributed by atoms with Crippen LogP contribution in [0, 0.1) is 0 Å². The molecule has 12 heavy (non-hydrogen) atoms. The Bertz CT molecular complexity index is 158. The Labute approximate surface area is 73.1 Å². The summed E-state index contributed by atoms with van der Waals surface area (Å²) in [5.74, 6) is -0.860. The Hall–Kier alpha value is -0.610. The predicted molar refractivity (Wildman–Crippen MR) is 46.2 cm³/mol. The first kappa shape index (κ1) is 11.4. The first-order valence-corrected chi connectivity index (χ1v) is 3.93. The molecule has 0 spiro atoms. The van der Waals surface area contributed by atoms with Gasteiger partial charge in [0.2, 0.25) is 0 Å². The number of ether oxygens (including phenoxy) is 1. The van der Waals surface area contributed by atoms with E-state index in [4.69, 9.17) is 9.84 Å². The van der Waals surface area contributed by atoms with Crippen molar-refractivity contribution in [1.29, 1.82) is 0 Å². The van der Waals surface area contributed by atoms with Crippen molar-refractivity contribution in [3.63, 3.8) is 0 Å². The van der Waals surface area contributed by atoms with Gasteiger partial charge in [0.05, 0.1) is 6.61 Å².